The van der Waals surface area contributed by atoms with Gasteiger partial charge in [0.2, 0.25) is 10.0 Å². The maximum atomic E-state index is 12.3. The van der Waals surface area contributed by atoms with Crippen molar-refractivity contribution in [2.75, 3.05) is 11.9 Å². The molecule has 8 nitrogen and oxygen atoms in total. The Kier molecular flexibility index (Phi) is 7.09. The molecule has 0 fully saturated rings. The first kappa shape index (κ1) is 22.1. The van der Waals surface area contributed by atoms with Crippen LogP contribution in [0.5, 0.6) is 0 Å². The number of esters is 1. The van der Waals surface area contributed by atoms with Crippen molar-refractivity contribution >= 4 is 27.6 Å². The van der Waals surface area contributed by atoms with E-state index in [0.29, 0.717) is 5.69 Å². The van der Waals surface area contributed by atoms with E-state index in [2.05, 4.69) is 10.0 Å². The standard InChI is InChI=1S/C20H21N3O5S/c1-13-8-9-17(10-14(13)2)29(26,27)22-12-19(24)28-15(3)20(25)23-18-7-5-4-6-16(18)11-21/h4-10,15,22H,12H2,1-3H3,(H,23,25). The molecule has 1 unspecified atom stereocenters. The summed E-state index contributed by atoms with van der Waals surface area (Å²) in [6, 6.07) is 12.9. The number of hydrogen-bond acceptors (Lipinski definition) is 6. The van der Waals surface area contributed by atoms with E-state index in [1.165, 1.54) is 25.1 Å². The molecule has 152 valence electrons. The molecule has 0 radical (unpaired) electrons. The monoisotopic (exact) mass is 415 g/mol. The molecular weight excluding hydrogens is 394 g/mol. The van der Waals surface area contributed by atoms with Crippen molar-refractivity contribution in [1.29, 1.82) is 5.26 Å². The van der Waals surface area contributed by atoms with Gasteiger partial charge in [0.05, 0.1) is 16.1 Å². The summed E-state index contributed by atoms with van der Waals surface area (Å²) in [5.74, 6) is -1.55. The van der Waals surface area contributed by atoms with E-state index in [-0.39, 0.29) is 10.5 Å². The number of anilines is 1. The third-order valence-electron chi connectivity index (χ3n) is 4.18. The van der Waals surface area contributed by atoms with E-state index in [1.807, 2.05) is 13.0 Å². The molecule has 0 saturated carbocycles. The zero-order chi connectivity index (χ0) is 21.6. The molecule has 0 saturated heterocycles. The third kappa shape index (κ3) is 5.88. The molecule has 2 aromatic carbocycles. The molecule has 1 amide bonds. The maximum Gasteiger partial charge on any atom is 0.321 e. The first-order valence-electron chi connectivity index (χ1n) is 8.70. The number of hydrogen-bond donors (Lipinski definition) is 2. The lowest BCUT2D eigenvalue weighted by molar-refractivity contribution is -0.151. The van der Waals surface area contributed by atoms with E-state index in [4.69, 9.17) is 10.00 Å². The van der Waals surface area contributed by atoms with Crippen molar-refractivity contribution < 1.29 is 22.7 Å². The van der Waals surface area contributed by atoms with Crippen LogP contribution in [0.25, 0.3) is 0 Å². The van der Waals surface area contributed by atoms with E-state index >= 15 is 0 Å². The Morgan fingerprint density at radius 2 is 1.83 bits per heavy atom. The zero-order valence-corrected chi connectivity index (χ0v) is 17.0. The summed E-state index contributed by atoms with van der Waals surface area (Å²) in [6.45, 7) is 4.37. The van der Waals surface area contributed by atoms with Crippen LogP contribution in [0.1, 0.15) is 23.6 Å². The van der Waals surface area contributed by atoms with Crippen molar-refractivity contribution in [3.05, 3.63) is 59.2 Å². The zero-order valence-electron chi connectivity index (χ0n) is 16.2. The Morgan fingerprint density at radius 3 is 2.48 bits per heavy atom. The molecule has 29 heavy (non-hydrogen) atoms. The van der Waals surface area contributed by atoms with Gasteiger partial charge in [-0.15, -0.1) is 0 Å². The van der Waals surface area contributed by atoms with Gasteiger partial charge in [0.25, 0.3) is 5.91 Å². The van der Waals surface area contributed by atoms with Crippen molar-refractivity contribution in [2.24, 2.45) is 0 Å². The number of rotatable bonds is 7. The number of aryl methyl sites for hydroxylation is 2. The summed E-state index contributed by atoms with van der Waals surface area (Å²) in [5, 5.41) is 11.5. The summed E-state index contributed by atoms with van der Waals surface area (Å²) < 4.78 is 31.7. The van der Waals surface area contributed by atoms with Gasteiger partial charge in [0.15, 0.2) is 6.10 Å². The van der Waals surface area contributed by atoms with Crippen LogP contribution in [-0.4, -0.2) is 32.9 Å². The lowest BCUT2D eigenvalue weighted by Crippen LogP contribution is -2.36. The number of benzene rings is 2. The van der Waals surface area contributed by atoms with Gasteiger partial charge in [-0.2, -0.15) is 9.98 Å². The van der Waals surface area contributed by atoms with Gasteiger partial charge in [-0.1, -0.05) is 18.2 Å². The average molecular weight is 415 g/mol. The number of carbonyl (C=O) groups is 2. The Balaban J connectivity index is 1.93. The molecule has 2 N–H and O–H groups in total. The number of amides is 1. The van der Waals surface area contributed by atoms with Crippen LogP contribution in [0.15, 0.2) is 47.4 Å². The molecule has 0 aliphatic carbocycles. The number of para-hydroxylation sites is 1. The fourth-order valence-electron chi connectivity index (χ4n) is 2.33. The largest absolute Gasteiger partial charge is 0.452 e. The minimum Gasteiger partial charge on any atom is -0.452 e. The molecule has 0 spiro atoms. The summed E-state index contributed by atoms with van der Waals surface area (Å²) in [4.78, 5) is 24.2. The topological polar surface area (TPSA) is 125 Å². The Hall–Kier alpha value is -3.22. The van der Waals surface area contributed by atoms with Crippen LogP contribution >= 0.6 is 0 Å². The highest BCUT2D eigenvalue weighted by atomic mass is 32.2. The minimum atomic E-state index is -3.90. The molecule has 9 heteroatoms. The fourth-order valence-corrected chi connectivity index (χ4v) is 3.39. The Morgan fingerprint density at radius 1 is 1.14 bits per heavy atom. The van der Waals surface area contributed by atoms with Gasteiger partial charge < -0.3 is 10.1 Å². The Labute approximate surface area is 169 Å². The highest BCUT2D eigenvalue weighted by Crippen LogP contribution is 2.15. The second kappa shape index (κ2) is 9.32. The van der Waals surface area contributed by atoms with Gasteiger partial charge in [-0.05, 0) is 56.2 Å². The van der Waals surface area contributed by atoms with E-state index in [9.17, 15) is 18.0 Å². The normalized spacial score (nSPS) is 11.9. The van der Waals surface area contributed by atoms with Crippen LogP contribution < -0.4 is 10.0 Å². The third-order valence-corrected chi connectivity index (χ3v) is 5.58. The van der Waals surface area contributed by atoms with Gasteiger partial charge in [-0.3, -0.25) is 9.59 Å². The molecule has 2 aromatic rings. The lowest BCUT2D eigenvalue weighted by atomic mass is 10.1. The number of ether oxygens (including phenoxy) is 1. The van der Waals surface area contributed by atoms with Gasteiger partial charge in [0, 0.05) is 0 Å². The summed E-state index contributed by atoms with van der Waals surface area (Å²) >= 11 is 0. The van der Waals surface area contributed by atoms with E-state index in [0.717, 1.165) is 11.1 Å². The molecule has 0 bridgehead atoms. The first-order valence-corrected chi connectivity index (χ1v) is 10.2. The van der Waals surface area contributed by atoms with Crippen molar-refractivity contribution in [2.45, 2.75) is 31.8 Å². The van der Waals surface area contributed by atoms with Crippen LogP contribution in [0, 0.1) is 25.2 Å². The molecule has 0 aromatic heterocycles. The van der Waals surface area contributed by atoms with Gasteiger partial charge >= 0.3 is 5.97 Å². The van der Waals surface area contributed by atoms with Gasteiger partial charge in [-0.25, -0.2) is 8.42 Å². The summed E-state index contributed by atoms with van der Waals surface area (Å²) in [6.07, 6.45) is -1.18. The fraction of sp³-hybridized carbons (Fsp3) is 0.250. The van der Waals surface area contributed by atoms with Crippen molar-refractivity contribution in [1.82, 2.24) is 4.72 Å². The highest BCUT2D eigenvalue weighted by Gasteiger charge is 2.21. The van der Waals surface area contributed by atoms with Gasteiger partial charge in [0.1, 0.15) is 12.6 Å². The Bertz CT molecular complexity index is 1070. The van der Waals surface area contributed by atoms with Crippen molar-refractivity contribution in [3.63, 3.8) is 0 Å². The lowest BCUT2D eigenvalue weighted by Gasteiger charge is -2.14. The van der Waals surface area contributed by atoms with Crippen LogP contribution in [0.3, 0.4) is 0 Å². The SMILES string of the molecule is Cc1ccc(S(=O)(=O)NCC(=O)OC(C)C(=O)Nc2ccccc2C#N)cc1C. The average Bonchev–Trinajstić information content (AvgIpc) is 2.68. The maximum absolute atomic E-state index is 12.3. The molecule has 0 aliphatic heterocycles. The van der Waals surface area contributed by atoms with Crippen LogP contribution in [0.4, 0.5) is 5.69 Å². The second-order valence-corrected chi connectivity index (χ2v) is 8.12. The quantitative estimate of drug-likeness (QED) is 0.667. The number of carbonyl (C=O) groups excluding carboxylic acids is 2. The second-order valence-electron chi connectivity index (χ2n) is 6.35. The molecule has 2 rings (SSSR count). The number of sulfonamides is 1. The molecule has 0 aliphatic rings. The smallest absolute Gasteiger partial charge is 0.321 e. The summed E-state index contributed by atoms with van der Waals surface area (Å²) in [7, 11) is -3.90. The van der Waals surface area contributed by atoms with Crippen molar-refractivity contribution in [3.8, 4) is 6.07 Å². The van der Waals surface area contributed by atoms with E-state index in [1.54, 1.807) is 31.2 Å². The predicted molar refractivity (Wildman–Crippen MR) is 106 cm³/mol. The molecular formula is C20H21N3O5S. The highest BCUT2D eigenvalue weighted by molar-refractivity contribution is 7.89. The number of nitriles is 1. The summed E-state index contributed by atoms with van der Waals surface area (Å²) in [5.41, 5.74) is 2.30. The van der Waals surface area contributed by atoms with Crippen LogP contribution in [-0.2, 0) is 24.3 Å². The number of nitrogens with one attached hydrogen (secondary N) is 2. The number of nitrogens with zero attached hydrogens (tertiary/aromatic N) is 1. The minimum absolute atomic E-state index is 0.0345. The molecule has 0 heterocycles. The predicted octanol–water partition coefficient (Wildman–Crippen LogP) is 2.02. The first-order chi connectivity index (χ1) is 13.6. The van der Waals surface area contributed by atoms with E-state index < -0.39 is 34.5 Å². The van der Waals surface area contributed by atoms with Crippen LogP contribution in [0.2, 0.25) is 0 Å². The molecule has 1 atom stereocenters.